The molecule has 0 radical (unpaired) electrons. The molecule has 0 spiro atoms. The van der Waals surface area contributed by atoms with Crippen LogP contribution in [0.5, 0.6) is 0 Å². The molecule has 0 bridgehead atoms. The summed E-state index contributed by atoms with van der Waals surface area (Å²) in [4.78, 5) is 4.97. The Hall–Kier alpha value is -0.580. The zero-order chi connectivity index (χ0) is 15.4. The standard InChI is InChI=1S/C17H28BrN3/c1-4-21-9-5-6-15(21)12-20(3)17-8-7-14(10-13(2)19)11-16(17)18/h7-8,11,13,15H,4-6,9-10,12,19H2,1-3H3. The highest BCUT2D eigenvalue weighted by atomic mass is 79.9. The first-order valence-corrected chi connectivity index (χ1v) is 8.79. The first kappa shape index (κ1) is 16.8. The Morgan fingerprint density at radius 3 is 2.86 bits per heavy atom. The normalized spacial score (nSPS) is 20.7. The Morgan fingerprint density at radius 2 is 2.24 bits per heavy atom. The second kappa shape index (κ2) is 7.61. The maximum absolute atomic E-state index is 5.88. The molecule has 118 valence electrons. The minimum absolute atomic E-state index is 0.206. The second-order valence-electron chi connectivity index (χ2n) is 6.27. The van der Waals surface area contributed by atoms with Gasteiger partial charge in [0.15, 0.2) is 0 Å². The lowest BCUT2D eigenvalue weighted by Crippen LogP contribution is -2.38. The van der Waals surface area contributed by atoms with E-state index < -0.39 is 0 Å². The summed E-state index contributed by atoms with van der Waals surface area (Å²) >= 11 is 3.72. The number of hydrogen-bond acceptors (Lipinski definition) is 3. The van der Waals surface area contributed by atoms with Crippen LogP contribution in [0, 0.1) is 0 Å². The minimum Gasteiger partial charge on any atom is -0.372 e. The zero-order valence-corrected chi connectivity index (χ0v) is 15.1. The van der Waals surface area contributed by atoms with E-state index in [1.54, 1.807) is 0 Å². The van der Waals surface area contributed by atoms with E-state index in [-0.39, 0.29) is 6.04 Å². The molecular formula is C17H28BrN3. The molecule has 1 heterocycles. The van der Waals surface area contributed by atoms with Crippen molar-refractivity contribution in [3.63, 3.8) is 0 Å². The van der Waals surface area contributed by atoms with Gasteiger partial charge in [-0.15, -0.1) is 0 Å². The number of rotatable bonds is 6. The lowest BCUT2D eigenvalue weighted by Gasteiger charge is -2.29. The number of benzene rings is 1. The molecule has 0 saturated carbocycles. The van der Waals surface area contributed by atoms with Crippen molar-refractivity contribution >= 4 is 21.6 Å². The first-order valence-electron chi connectivity index (χ1n) is 8.00. The summed E-state index contributed by atoms with van der Waals surface area (Å²) in [5, 5.41) is 0. The van der Waals surface area contributed by atoms with Gasteiger partial charge in [0.05, 0.1) is 5.69 Å². The molecule has 2 unspecified atom stereocenters. The fourth-order valence-electron chi connectivity index (χ4n) is 3.29. The Bertz CT molecular complexity index is 461. The van der Waals surface area contributed by atoms with Gasteiger partial charge in [-0.2, -0.15) is 0 Å². The van der Waals surface area contributed by atoms with Crippen LogP contribution in [0.25, 0.3) is 0 Å². The minimum atomic E-state index is 0.206. The number of likely N-dealkylation sites (tertiary alicyclic amines) is 1. The Labute approximate surface area is 137 Å². The van der Waals surface area contributed by atoms with E-state index in [9.17, 15) is 0 Å². The van der Waals surface area contributed by atoms with Crippen molar-refractivity contribution < 1.29 is 0 Å². The van der Waals surface area contributed by atoms with E-state index in [2.05, 4.69) is 57.9 Å². The van der Waals surface area contributed by atoms with Gasteiger partial charge in [-0.25, -0.2) is 0 Å². The molecule has 4 heteroatoms. The number of nitrogens with two attached hydrogens (primary N) is 1. The summed E-state index contributed by atoms with van der Waals surface area (Å²) in [5.74, 6) is 0. The Balaban J connectivity index is 2.03. The SMILES string of the molecule is CCN1CCCC1CN(C)c1ccc(CC(C)N)cc1Br. The van der Waals surface area contributed by atoms with Crippen LogP contribution in [0.2, 0.25) is 0 Å². The average Bonchev–Trinajstić information content (AvgIpc) is 2.85. The summed E-state index contributed by atoms with van der Waals surface area (Å²) < 4.78 is 1.17. The van der Waals surface area contributed by atoms with Gasteiger partial charge in [0.1, 0.15) is 0 Å². The van der Waals surface area contributed by atoms with Gasteiger partial charge < -0.3 is 10.6 Å². The third-order valence-corrected chi connectivity index (χ3v) is 5.01. The number of halogens is 1. The summed E-state index contributed by atoms with van der Waals surface area (Å²) in [6.07, 6.45) is 3.58. The molecule has 0 aliphatic carbocycles. The molecule has 3 nitrogen and oxygen atoms in total. The van der Waals surface area contributed by atoms with Gasteiger partial charge >= 0.3 is 0 Å². The van der Waals surface area contributed by atoms with Crippen LogP contribution in [0.4, 0.5) is 5.69 Å². The average molecular weight is 354 g/mol. The molecule has 1 saturated heterocycles. The molecule has 21 heavy (non-hydrogen) atoms. The van der Waals surface area contributed by atoms with Crippen molar-refractivity contribution in [1.29, 1.82) is 0 Å². The third-order valence-electron chi connectivity index (χ3n) is 4.37. The van der Waals surface area contributed by atoms with Gasteiger partial charge in [0, 0.05) is 30.1 Å². The van der Waals surface area contributed by atoms with E-state index in [4.69, 9.17) is 5.73 Å². The summed E-state index contributed by atoms with van der Waals surface area (Å²) in [7, 11) is 2.19. The van der Waals surface area contributed by atoms with Gasteiger partial charge in [0.25, 0.3) is 0 Å². The molecule has 1 fully saturated rings. The highest BCUT2D eigenvalue weighted by Gasteiger charge is 2.24. The van der Waals surface area contributed by atoms with Gasteiger partial charge in [-0.3, -0.25) is 4.90 Å². The number of anilines is 1. The van der Waals surface area contributed by atoms with Crippen LogP contribution < -0.4 is 10.6 Å². The Kier molecular flexibility index (Phi) is 6.08. The smallest absolute Gasteiger partial charge is 0.0508 e. The molecule has 2 N–H and O–H groups in total. The summed E-state index contributed by atoms with van der Waals surface area (Å²) in [5.41, 5.74) is 8.45. The molecule has 1 aliphatic rings. The van der Waals surface area contributed by atoms with Crippen LogP contribution in [0.15, 0.2) is 22.7 Å². The van der Waals surface area contributed by atoms with E-state index in [1.165, 1.54) is 35.1 Å². The topological polar surface area (TPSA) is 32.5 Å². The second-order valence-corrected chi connectivity index (χ2v) is 7.13. The number of hydrogen-bond donors (Lipinski definition) is 1. The van der Waals surface area contributed by atoms with Crippen LogP contribution in [0.3, 0.4) is 0 Å². The molecular weight excluding hydrogens is 326 g/mol. The van der Waals surface area contributed by atoms with E-state index in [1.807, 2.05) is 6.92 Å². The fourth-order valence-corrected chi connectivity index (χ4v) is 4.02. The van der Waals surface area contributed by atoms with E-state index >= 15 is 0 Å². The van der Waals surface area contributed by atoms with E-state index in [0.717, 1.165) is 19.5 Å². The van der Waals surface area contributed by atoms with Crippen molar-refractivity contribution in [2.24, 2.45) is 5.73 Å². The predicted octanol–water partition coefficient (Wildman–Crippen LogP) is 3.26. The van der Waals surface area contributed by atoms with Gasteiger partial charge in [-0.1, -0.05) is 13.0 Å². The van der Waals surface area contributed by atoms with Crippen LogP contribution >= 0.6 is 15.9 Å². The fraction of sp³-hybridized carbons (Fsp3) is 0.647. The van der Waals surface area contributed by atoms with Crippen molar-refractivity contribution in [2.75, 3.05) is 31.6 Å². The molecule has 0 amide bonds. The highest BCUT2D eigenvalue weighted by molar-refractivity contribution is 9.10. The summed E-state index contributed by atoms with van der Waals surface area (Å²) in [6.45, 7) is 7.82. The van der Waals surface area contributed by atoms with Crippen molar-refractivity contribution in [1.82, 2.24) is 4.90 Å². The maximum Gasteiger partial charge on any atom is 0.0508 e. The third kappa shape index (κ3) is 4.44. The highest BCUT2D eigenvalue weighted by Crippen LogP contribution is 2.28. The van der Waals surface area contributed by atoms with Gasteiger partial charge in [0.2, 0.25) is 0 Å². The van der Waals surface area contributed by atoms with Gasteiger partial charge in [-0.05, 0) is 72.9 Å². The number of likely N-dealkylation sites (N-methyl/N-ethyl adjacent to an activating group) is 2. The molecule has 2 rings (SSSR count). The lowest BCUT2D eigenvalue weighted by molar-refractivity contribution is 0.270. The molecule has 2 atom stereocenters. The summed E-state index contributed by atoms with van der Waals surface area (Å²) in [6, 6.07) is 7.52. The van der Waals surface area contributed by atoms with Crippen LogP contribution in [-0.2, 0) is 6.42 Å². The van der Waals surface area contributed by atoms with Crippen molar-refractivity contribution in [2.45, 2.75) is 45.2 Å². The van der Waals surface area contributed by atoms with Crippen molar-refractivity contribution in [3.05, 3.63) is 28.2 Å². The molecule has 1 aromatic carbocycles. The number of nitrogens with zero attached hydrogens (tertiary/aromatic N) is 2. The largest absolute Gasteiger partial charge is 0.372 e. The lowest BCUT2D eigenvalue weighted by atomic mass is 10.1. The first-order chi connectivity index (χ1) is 10.0. The van der Waals surface area contributed by atoms with Crippen LogP contribution in [0.1, 0.15) is 32.3 Å². The molecule has 0 aromatic heterocycles. The van der Waals surface area contributed by atoms with Crippen molar-refractivity contribution in [3.8, 4) is 0 Å². The van der Waals surface area contributed by atoms with E-state index in [0.29, 0.717) is 6.04 Å². The molecule has 1 aliphatic heterocycles. The zero-order valence-electron chi connectivity index (χ0n) is 13.5. The Morgan fingerprint density at radius 1 is 1.48 bits per heavy atom. The van der Waals surface area contributed by atoms with Crippen LogP contribution in [-0.4, -0.2) is 43.7 Å². The maximum atomic E-state index is 5.88. The predicted molar refractivity (Wildman–Crippen MR) is 95.0 cm³/mol. The monoisotopic (exact) mass is 353 g/mol. The quantitative estimate of drug-likeness (QED) is 0.851. The molecule has 1 aromatic rings.